The highest BCUT2D eigenvalue weighted by molar-refractivity contribution is 7.64. The normalized spacial score (nSPS) is 16.5. The van der Waals surface area contributed by atoms with Crippen molar-refractivity contribution >= 4 is 25.2 Å². The van der Waals surface area contributed by atoms with Crippen LogP contribution >= 0.6 is 8.30 Å². The molecule has 0 aromatic heterocycles. The Bertz CT molecular complexity index is 895. The van der Waals surface area contributed by atoms with Gasteiger partial charge in [-0.2, -0.15) is 0 Å². The zero-order valence-corrected chi connectivity index (χ0v) is 14.1. The molecule has 1 heterocycles. The van der Waals surface area contributed by atoms with E-state index in [1.165, 1.54) is 0 Å². The largest absolute Gasteiger partial charge is 0.447 e. The Morgan fingerprint density at radius 1 is 0.833 bits per heavy atom. The highest BCUT2D eigenvalue weighted by atomic mass is 31.2. The van der Waals surface area contributed by atoms with E-state index in [9.17, 15) is 4.79 Å². The van der Waals surface area contributed by atoms with Crippen LogP contribution < -0.4 is 14.5 Å². The van der Waals surface area contributed by atoms with Crippen molar-refractivity contribution in [3.8, 4) is 5.75 Å². The number of nitrogens with zero attached hydrogens (tertiary/aromatic N) is 1. The van der Waals surface area contributed by atoms with Gasteiger partial charge in [-0.1, -0.05) is 48.5 Å². The summed E-state index contributed by atoms with van der Waals surface area (Å²) < 4.78 is 8.09. The van der Waals surface area contributed by atoms with Crippen molar-refractivity contribution < 1.29 is 9.32 Å². The molecular formula is C20H16NO2P. The standard InChI is InChI=1S/C20H16NO2P/c1-15-9-5-7-13-18(15)21-20(22)17-12-6-8-14-19(17)23-24(21)16-10-3-2-4-11-16/h2-14H,1H3. The molecule has 0 fully saturated rings. The minimum atomic E-state index is -1.26. The molecule has 118 valence electrons. The summed E-state index contributed by atoms with van der Waals surface area (Å²) in [6, 6.07) is 25.3. The van der Waals surface area contributed by atoms with Gasteiger partial charge in [-0.15, -0.1) is 0 Å². The first kappa shape index (κ1) is 14.9. The smallest absolute Gasteiger partial charge is 0.268 e. The quantitative estimate of drug-likeness (QED) is 0.638. The second kappa shape index (κ2) is 6.10. The van der Waals surface area contributed by atoms with Gasteiger partial charge in [-0.25, -0.2) is 4.67 Å². The lowest BCUT2D eigenvalue weighted by Gasteiger charge is -2.36. The Kier molecular flexibility index (Phi) is 3.79. The molecule has 3 nitrogen and oxygen atoms in total. The maximum Gasteiger partial charge on any atom is 0.268 e. The molecule has 3 aromatic rings. The first-order chi connectivity index (χ1) is 11.8. The van der Waals surface area contributed by atoms with E-state index in [4.69, 9.17) is 4.52 Å². The predicted octanol–water partition coefficient (Wildman–Crippen LogP) is 4.67. The summed E-state index contributed by atoms with van der Waals surface area (Å²) in [4.78, 5) is 13.2. The number of carbonyl (C=O) groups is 1. The summed E-state index contributed by atoms with van der Waals surface area (Å²) in [7, 11) is -1.26. The third kappa shape index (κ3) is 2.47. The average Bonchev–Trinajstić information content (AvgIpc) is 2.63. The number of para-hydroxylation sites is 2. The number of anilines is 1. The summed E-state index contributed by atoms with van der Waals surface area (Å²) in [5.41, 5.74) is 2.56. The number of hydrogen-bond acceptors (Lipinski definition) is 2. The molecule has 3 aromatic carbocycles. The molecule has 0 bridgehead atoms. The lowest BCUT2D eigenvalue weighted by Crippen LogP contribution is -2.35. The first-order valence-corrected chi connectivity index (χ1v) is 8.99. The van der Waals surface area contributed by atoms with E-state index >= 15 is 0 Å². The maximum atomic E-state index is 13.2. The zero-order valence-electron chi connectivity index (χ0n) is 13.2. The van der Waals surface area contributed by atoms with Gasteiger partial charge in [-0.05, 0) is 42.8 Å². The highest BCUT2D eigenvalue weighted by Crippen LogP contribution is 2.50. The minimum absolute atomic E-state index is 0.0129. The average molecular weight is 333 g/mol. The van der Waals surface area contributed by atoms with Crippen LogP contribution in [-0.2, 0) is 0 Å². The van der Waals surface area contributed by atoms with Gasteiger partial charge in [0.05, 0.1) is 11.3 Å². The van der Waals surface area contributed by atoms with Crippen LogP contribution in [0.25, 0.3) is 0 Å². The topological polar surface area (TPSA) is 29.5 Å². The highest BCUT2D eigenvalue weighted by Gasteiger charge is 2.37. The van der Waals surface area contributed by atoms with Crippen molar-refractivity contribution in [3.63, 3.8) is 0 Å². The summed E-state index contributed by atoms with van der Waals surface area (Å²) in [6.07, 6.45) is 0. The minimum Gasteiger partial charge on any atom is -0.447 e. The van der Waals surface area contributed by atoms with Gasteiger partial charge in [-0.3, -0.25) is 4.79 Å². The van der Waals surface area contributed by atoms with Gasteiger partial charge < -0.3 is 4.52 Å². The van der Waals surface area contributed by atoms with Crippen LogP contribution in [0, 0.1) is 6.92 Å². The SMILES string of the molecule is Cc1ccccc1N1C(=O)c2ccccc2OP1c1ccccc1. The van der Waals surface area contributed by atoms with Gasteiger partial charge in [0.1, 0.15) is 5.75 Å². The van der Waals surface area contributed by atoms with E-state index in [2.05, 4.69) is 0 Å². The molecule has 0 spiro atoms. The van der Waals surface area contributed by atoms with Crippen LogP contribution in [0.2, 0.25) is 0 Å². The Morgan fingerprint density at radius 2 is 1.50 bits per heavy atom. The van der Waals surface area contributed by atoms with Crippen LogP contribution in [0.4, 0.5) is 5.69 Å². The van der Waals surface area contributed by atoms with Crippen molar-refractivity contribution in [2.45, 2.75) is 6.92 Å². The molecule has 0 saturated heterocycles. The summed E-state index contributed by atoms with van der Waals surface area (Å²) in [5, 5.41) is 1.01. The van der Waals surface area contributed by atoms with Gasteiger partial charge in [0.2, 0.25) is 8.30 Å². The van der Waals surface area contributed by atoms with Crippen molar-refractivity contribution in [2.24, 2.45) is 0 Å². The van der Waals surface area contributed by atoms with E-state index in [-0.39, 0.29) is 5.91 Å². The molecule has 24 heavy (non-hydrogen) atoms. The number of carbonyl (C=O) groups excluding carboxylic acids is 1. The fourth-order valence-corrected chi connectivity index (χ4v) is 4.67. The van der Waals surface area contributed by atoms with E-state index < -0.39 is 8.30 Å². The fourth-order valence-electron chi connectivity index (χ4n) is 2.79. The Hall–Kier alpha value is -2.64. The van der Waals surface area contributed by atoms with Gasteiger partial charge in [0.15, 0.2) is 0 Å². The van der Waals surface area contributed by atoms with Crippen molar-refractivity contribution in [3.05, 3.63) is 90.0 Å². The van der Waals surface area contributed by atoms with Crippen LogP contribution in [0.1, 0.15) is 15.9 Å². The molecule has 4 heteroatoms. The van der Waals surface area contributed by atoms with Crippen molar-refractivity contribution in [1.82, 2.24) is 0 Å². The van der Waals surface area contributed by atoms with Gasteiger partial charge in [0.25, 0.3) is 5.91 Å². The third-order valence-electron chi connectivity index (χ3n) is 4.00. The van der Waals surface area contributed by atoms with Crippen LogP contribution in [0.5, 0.6) is 5.75 Å². The van der Waals surface area contributed by atoms with Crippen LogP contribution in [0.15, 0.2) is 78.9 Å². The number of aryl methyl sites for hydroxylation is 1. The first-order valence-electron chi connectivity index (χ1n) is 7.78. The van der Waals surface area contributed by atoms with Gasteiger partial charge in [0, 0.05) is 5.30 Å². The summed E-state index contributed by atoms with van der Waals surface area (Å²) >= 11 is 0. The number of benzene rings is 3. The molecule has 0 N–H and O–H groups in total. The molecule has 1 atom stereocenters. The zero-order chi connectivity index (χ0) is 16.5. The number of amides is 1. The van der Waals surface area contributed by atoms with Crippen molar-refractivity contribution in [2.75, 3.05) is 4.67 Å². The lowest BCUT2D eigenvalue weighted by atomic mass is 10.1. The molecule has 0 radical (unpaired) electrons. The molecule has 0 aliphatic carbocycles. The summed E-state index contributed by atoms with van der Waals surface area (Å²) in [5.74, 6) is 0.642. The summed E-state index contributed by atoms with van der Waals surface area (Å²) in [6.45, 7) is 2.02. The second-order valence-corrected chi connectivity index (χ2v) is 7.24. The van der Waals surface area contributed by atoms with E-state index in [1.807, 2.05) is 90.5 Å². The molecule has 1 aliphatic heterocycles. The molecule has 1 aliphatic rings. The molecule has 1 amide bonds. The predicted molar refractivity (Wildman–Crippen MR) is 98.1 cm³/mol. The molecule has 0 saturated carbocycles. The van der Waals surface area contributed by atoms with Gasteiger partial charge >= 0.3 is 0 Å². The molecule has 1 unspecified atom stereocenters. The lowest BCUT2D eigenvalue weighted by molar-refractivity contribution is 0.0998. The Labute approximate surface area is 142 Å². The van der Waals surface area contributed by atoms with Crippen LogP contribution in [0.3, 0.4) is 0 Å². The van der Waals surface area contributed by atoms with E-state index in [0.29, 0.717) is 11.3 Å². The van der Waals surface area contributed by atoms with Crippen molar-refractivity contribution in [1.29, 1.82) is 0 Å². The molecule has 4 rings (SSSR count). The van der Waals surface area contributed by atoms with E-state index in [1.54, 1.807) is 0 Å². The van der Waals surface area contributed by atoms with E-state index in [0.717, 1.165) is 16.6 Å². The van der Waals surface area contributed by atoms with Crippen LogP contribution in [-0.4, -0.2) is 5.91 Å². The number of rotatable bonds is 2. The Morgan fingerprint density at radius 3 is 2.29 bits per heavy atom. The number of hydrogen-bond donors (Lipinski definition) is 0. The molecular weight excluding hydrogens is 317 g/mol. The number of fused-ring (bicyclic) bond motifs is 1. The Balaban J connectivity index is 1.90. The fraction of sp³-hybridized carbons (Fsp3) is 0.0500. The second-order valence-electron chi connectivity index (χ2n) is 5.60. The maximum absolute atomic E-state index is 13.2. The third-order valence-corrected chi connectivity index (χ3v) is 5.87. The monoisotopic (exact) mass is 333 g/mol.